The molecule has 0 aliphatic rings. The third kappa shape index (κ3) is 3.60. The van der Waals surface area contributed by atoms with E-state index in [0.29, 0.717) is 5.76 Å². The van der Waals surface area contributed by atoms with Crippen LogP contribution >= 0.6 is 15.9 Å². The molecule has 2 rings (SSSR count). The fourth-order valence-corrected chi connectivity index (χ4v) is 1.85. The van der Waals surface area contributed by atoms with E-state index in [1.54, 1.807) is 6.08 Å². The van der Waals surface area contributed by atoms with Crippen LogP contribution in [0.1, 0.15) is 11.5 Å². The zero-order valence-electron chi connectivity index (χ0n) is 9.81. The summed E-state index contributed by atoms with van der Waals surface area (Å²) in [4.78, 5) is 11.6. The number of nitrogens with one attached hydrogen (secondary N) is 1. The number of carbonyl (C=O) groups excluding carboxylic acids is 1. The van der Waals surface area contributed by atoms with Gasteiger partial charge in [-0.25, -0.2) is 0 Å². The molecule has 4 heteroatoms. The molecule has 0 aliphatic carbocycles. The molecular weight excluding hydrogens is 294 g/mol. The number of benzene rings is 1. The first-order chi connectivity index (χ1) is 8.63. The van der Waals surface area contributed by atoms with E-state index in [9.17, 15) is 4.79 Å². The van der Waals surface area contributed by atoms with Gasteiger partial charge in [0.25, 0.3) is 0 Å². The lowest BCUT2D eigenvalue weighted by Crippen LogP contribution is -2.07. The van der Waals surface area contributed by atoms with Gasteiger partial charge in [0, 0.05) is 16.2 Å². The van der Waals surface area contributed by atoms with Crippen LogP contribution in [0.15, 0.2) is 51.4 Å². The number of hydrogen-bond donors (Lipinski definition) is 1. The third-order valence-electron chi connectivity index (χ3n) is 2.25. The Bertz CT molecular complexity index is 587. The summed E-state index contributed by atoms with van der Waals surface area (Å²) in [5.41, 5.74) is 0.745. The van der Waals surface area contributed by atoms with E-state index >= 15 is 0 Å². The first-order valence-corrected chi connectivity index (χ1v) is 6.24. The smallest absolute Gasteiger partial charge is 0.248 e. The van der Waals surface area contributed by atoms with Gasteiger partial charge in [-0.15, -0.1) is 0 Å². The van der Waals surface area contributed by atoms with Crippen molar-refractivity contribution in [2.75, 3.05) is 5.32 Å². The van der Waals surface area contributed by atoms with Crippen LogP contribution in [0.4, 0.5) is 5.69 Å². The predicted molar refractivity (Wildman–Crippen MR) is 75.3 cm³/mol. The molecule has 0 saturated heterocycles. The van der Waals surface area contributed by atoms with Crippen molar-refractivity contribution < 1.29 is 9.21 Å². The van der Waals surface area contributed by atoms with Gasteiger partial charge in [0.15, 0.2) is 0 Å². The van der Waals surface area contributed by atoms with Gasteiger partial charge < -0.3 is 9.73 Å². The molecule has 1 amide bonds. The van der Waals surface area contributed by atoms with Gasteiger partial charge in [0.2, 0.25) is 5.91 Å². The van der Waals surface area contributed by atoms with Crippen LogP contribution in [0.2, 0.25) is 0 Å². The molecule has 1 N–H and O–H groups in total. The summed E-state index contributed by atoms with van der Waals surface area (Å²) in [5, 5.41) is 2.76. The number of aryl methyl sites for hydroxylation is 1. The van der Waals surface area contributed by atoms with E-state index in [1.807, 2.05) is 43.3 Å². The topological polar surface area (TPSA) is 42.2 Å². The van der Waals surface area contributed by atoms with Crippen molar-refractivity contribution in [1.82, 2.24) is 0 Å². The van der Waals surface area contributed by atoms with Crippen LogP contribution in [0, 0.1) is 6.92 Å². The van der Waals surface area contributed by atoms with Crippen molar-refractivity contribution in [3.63, 3.8) is 0 Å². The predicted octanol–water partition coefficient (Wildman–Crippen LogP) is 4.00. The van der Waals surface area contributed by atoms with Gasteiger partial charge in [0.05, 0.1) is 0 Å². The Labute approximate surface area is 114 Å². The Kier molecular flexibility index (Phi) is 3.99. The van der Waals surface area contributed by atoms with E-state index in [-0.39, 0.29) is 5.91 Å². The normalized spacial score (nSPS) is 10.8. The second-order valence-electron chi connectivity index (χ2n) is 3.78. The highest BCUT2D eigenvalue weighted by molar-refractivity contribution is 9.10. The minimum Gasteiger partial charge on any atom is -0.462 e. The highest BCUT2D eigenvalue weighted by Crippen LogP contribution is 2.15. The molecule has 0 atom stereocenters. The highest BCUT2D eigenvalue weighted by Gasteiger charge is 1.99. The SMILES string of the molecule is Cc1ccc(/C=C/C(=O)Nc2cccc(Br)c2)o1. The first-order valence-electron chi connectivity index (χ1n) is 5.44. The van der Waals surface area contributed by atoms with Crippen LogP contribution in [-0.2, 0) is 4.79 Å². The zero-order chi connectivity index (χ0) is 13.0. The molecule has 0 bridgehead atoms. The van der Waals surface area contributed by atoms with E-state index in [0.717, 1.165) is 15.9 Å². The monoisotopic (exact) mass is 305 g/mol. The number of carbonyl (C=O) groups is 1. The maximum absolute atomic E-state index is 11.6. The lowest BCUT2D eigenvalue weighted by atomic mass is 10.3. The van der Waals surface area contributed by atoms with E-state index in [1.165, 1.54) is 6.08 Å². The Morgan fingerprint density at radius 3 is 2.83 bits per heavy atom. The summed E-state index contributed by atoms with van der Waals surface area (Å²) < 4.78 is 6.25. The van der Waals surface area contributed by atoms with Gasteiger partial charge in [-0.1, -0.05) is 22.0 Å². The van der Waals surface area contributed by atoms with Crippen molar-refractivity contribution >= 4 is 33.6 Å². The quantitative estimate of drug-likeness (QED) is 0.871. The Morgan fingerprint density at radius 1 is 1.33 bits per heavy atom. The van der Waals surface area contributed by atoms with Crippen molar-refractivity contribution in [1.29, 1.82) is 0 Å². The lowest BCUT2D eigenvalue weighted by molar-refractivity contribution is -0.111. The number of hydrogen-bond acceptors (Lipinski definition) is 2. The molecule has 0 radical (unpaired) electrons. The van der Waals surface area contributed by atoms with Crippen LogP contribution in [-0.4, -0.2) is 5.91 Å². The molecule has 1 aromatic carbocycles. The molecule has 0 saturated carbocycles. The van der Waals surface area contributed by atoms with E-state index < -0.39 is 0 Å². The minimum atomic E-state index is -0.192. The summed E-state index contributed by atoms with van der Waals surface area (Å²) in [6.45, 7) is 1.86. The van der Waals surface area contributed by atoms with Crippen molar-refractivity contribution in [2.45, 2.75) is 6.92 Å². The number of anilines is 1. The molecule has 0 unspecified atom stereocenters. The fraction of sp³-hybridized carbons (Fsp3) is 0.0714. The maximum Gasteiger partial charge on any atom is 0.248 e. The standard InChI is InChI=1S/C14H12BrNO2/c1-10-5-6-13(18-10)7-8-14(17)16-12-4-2-3-11(15)9-12/h2-9H,1H3,(H,16,17)/b8-7+. The third-order valence-corrected chi connectivity index (χ3v) is 2.75. The number of halogens is 1. The summed E-state index contributed by atoms with van der Waals surface area (Å²) in [6.07, 6.45) is 3.08. The van der Waals surface area contributed by atoms with Crippen molar-refractivity contribution in [3.8, 4) is 0 Å². The fourth-order valence-electron chi connectivity index (χ4n) is 1.45. The van der Waals surface area contributed by atoms with Crippen LogP contribution < -0.4 is 5.32 Å². The minimum absolute atomic E-state index is 0.192. The van der Waals surface area contributed by atoms with E-state index in [4.69, 9.17) is 4.42 Å². The average molecular weight is 306 g/mol. The summed E-state index contributed by atoms with van der Waals surface area (Å²) in [5.74, 6) is 1.29. The summed E-state index contributed by atoms with van der Waals surface area (Å²) in [6, 6.07) is 11.1. The molecule has 3 nitrogen and oxygen atoms in total. The molecule has 2 aromatic rings. The zero-order valence-corrected chi connectivity index (χ0v) is 11.4. The van der Waals surface area contributed by atoms with Crippen molar-refractivity contribution in [2.24, 2.45) is 0 Å². The van der Waals surface area contributed by atoms with E-state index in [2.05, 4.69) is 21.2 Å². The van der Waals surface area contributed by atoms with Crippen LogP contribution in [0.25, 0.3) is 6.08 Å². The van der Waals surface area contributed by atoms with Crippen LogP contribution in [0.5, 0.6) is 0 Å². The molecule has 18 heavy (non-hydrogen) atoms. The van der Waals surface area contributed by atoms with Gasteiger partial charge in [-0.05, 0) is 43.3 Å². The van der Waals surface area contributed by atoms with Gasteiger partial charge in [0.1, 0.15) is 11.5 Å². The molecule has 1 aromatic heterocycles. The Hall–Kier alpha value is -1.81. The van der Waals surface area contributed by atoms with Gasteiger partial charge >= 0.3 is 0 Å². The van der Waals surface area contributed by atoms with Gasteiger partial charge in [-0.3, -0.25) is 4.79 Å². The highest BCUT2D eigenvalue weighted by atomic mass is 79.9. The number of rotatable bonds is 3. The molecule has 0 spiro atoms. The first kappa shape index (κ1) is 12.6. The molecule has 0 aliphatic heterocycles. The molecule has 92 valence electrons. The number of furan rings is 1. The van der Waals surface area contributed by atoms with Crippen molar-refractivity contribution in [3.05, 3.63) is 58.5 Å². The molecule has 1 heterocycles. The largest absolute Gasteiger partial charge is 0.462 e. The maximum atomic E-state index is 11.6. The lowest BCUT2D eigenvalue weighted by Gasteiger charge is -2.01. The molecular formula is C14H12BrNO2. The number of amides is 1. The van der Waals surface area contributed by atoms with Crippen LogP contribution in [0.3, 0.4) is 0 Å². The van der Waals surface area contributed by atoms with Gasteiger partial charge in [-0.2, -0.15) is 0 Å². The molecule has 0 fully saturated rings. The Morgan fingerprint density at radius 2 is 2.17 bits per heavy atom. The Balaban J connectivity index is 1.98. The summed E-state index contributed by atoms with van der Waals surface area (Å²) >= 11 is 3.35. The summed E-state index contributed by atoms with van der Waals surface area (Å²) in [7, 11) is 0. The average Bonchev–Trinajstić information content (AvgIpc) is 2.73. The second kappa shape index (κ2) is 5.69. The second-order valence-corrected chi connectivity index (χ2v) is 4.70.